The number of piperidine rings is 1. The normalized spacial score (nSPS) is 16.7. The Kier molecular flexibility index (Phi) is 9.42. The molecule has 0 saturated carbocycles. The minimum Gasteiger partial charge on any atom is -0.469 e. The van der Waals surface area contributed by atoms with E-state index >= 15 is 0 Å². The summed E-state index contributed by atoms with van der Waals surface area (Å²) in [6, 6.07) is 4.37. The number of furan rings is 1. The highest BCUT2D eigenvalue weighted by atomic mass is 16.5. The Labute approximate surface area is 164 Å². The Bertz CT molecular complexity index is 561. The number of hydrogen-bond acceptors (Lipinski definition) is 4. The number of guanidine groups is 1. The fourth-order valence-electron chi connectivity index (χ4n) is 3.04. The van der Waals surface area contributed by atoms with Gasteiger partial charge in [0.25, 0.3) is 0 Å². The molecular weight excluding hydrogens is 340 g/mol. The molecule has 0 unspecified atom stereocenters. The minimum atomic E-state index is 0.309. The van der Waals surface area contributed by atoms with E-state index in [9.17, 15) is 0 Å². The van der Waals surface area contributed by atoms with Crippen LogP contribution in [0.1, 0.15) is 39.4 Å². The van der Waals surface area contributed by atoms with Crippen molar-refractivity contribution in [2.45, 2.75) is 52.2 Å². The van der Waals surface area contributed by atoms with Gasteiger partial charge in [0.15, 0.2) is 5.96 Å². The molecule has 2 heterocycles. The number of hydrogen-bond donors (Lipinski definition) is 2. The van der Waals surface area contributed by atoms with Gasteiger partial charge in [-0.05, 0) is 45.7 Å². The van der Waals surface area contributed by atoms with Crippen molar-refractivity contribution in [1.29, 1.82) is 0 Å². The monoisotopic (exact) mass is 376 g/mol. The third-order valence-electron chi connectivity index (χ3n) is 4.54. The Balaban J connectivity index is 1.74. The van der Waals surface area contributed by atoms with Gasteiger partial charge in [-0.15, -0.1) is 0 Å². The van der Waals surface area contributed by atoms with Gasteiger partial charge in [0, 0.05) is 38.6 Å². The summed E-state index contributed by atoms with van der Waals surface area (Å²) in [6.45, 7) is 15.6. The fraction of sp³-hybridized carbons (Fsp3) is 0.667. The third kappa shape index (κ3) is 9.11. The first kappa shape index (κ1) is 21.5. The summed E-state index contributed by atoms with van der Waals surface area (Å²) >= 11 is 0. The minimum absolute atomic E-state index is 0.309. The van der Waals surface area contributed by atoms with Crippen LogP contribution in [0.2, 0.25) is 0 Å². The molecule has 2 N–H and O–H groups in total. The predicted molar refractivity (Wildman–Crippen MR) is 111 cm³/mol. The molecule has 6 heteroatoms. The second-order valence-electron chi connectivity index (χ2n) is 7.56. The van der Waals surface area contributed by atoms with Gasteiger partial charge in [-0.3, -0.25) is 0 Å². The maximum absolute atomic E-state index is 5.66. The zero-order valence-electron chi connectivity index (χ0n) is 17.2. The molecule has 0 amide bonds. The number of rotatable bonds is 10. The van der Waals surface area contributed by atoms with Gasteiger partial charge < -0.3 is 24.7 Å². The zero-order valence-corrected chi connectivity index (χ0v) is 17.2. The lowest BCUT2D eigenvalue weighted by Gasteiger charge is -2.33. The van der Waals surface area contributed by atoms with E-state index in [0.717, 1.165) is 69.3 Å². The molecule has 1 aliphatic rings. The van der Waals surface area contributed by atoms with Crippen molar-refractivity contribution in [3.63, 3.8) is 0 Å². The molecule has 0 radical (unpaired) electrons. The molecule has 27 heavy (non-hydrogen) atoms. The maximum Gasteiger partial charge on any atom is 0.191 e. The van der Waals surface area contributed by atoms with E-state index < -0.39 is 0 Å². The summed E-state index contributed by atoms with van der Waals surface area (Å²) in [5.41, 5.74) is 1.06. The molecule has 0 aliphatic carbocycles. The Morgan fingerprint density at radius 2 is 2.19 bits per heavy atom. The standard InChI is InChI=1S/C21H36N4O2/c1-17(2)16-23-21(22-10-7-20-6-5-14-27-20)24-19-8-11-25(12-9-19)13-15-26-18(3)4/h5-6,14,18-19H,1,7-13,15-16H2,2-4H3,(H2,22,23,24). The summed E-state index contributed by atoms with van der Waals surface area (Å²) in [5, 5.41) is 7.02. The van der Waals surface area contributed by atoms with Gasteiger partial charge in [-0.2, -0.15) is 0 Å². The van der Waals surface area contributed by atoms with Gasteiger partial charge >= 0.3 is 0 Å². The van der Waals surface area contributed by atoms with E-state index in [1.807, 2.05) is 19.1 Å². The molecule has 152 valence electrons. The molecule has 1 aliphatic heterocycles. The van der Waals surface area contributed by atoms with Gasteiger partial charge in [0.05, 0.1) is 25.5 Å². The topological polar surface area (TPSA) is 62.0 Å². The fourth-order valence-corrected chi connectivity index (χ4v) is 3.04. The average Bonchev–Trinajstić information content (AvgIpc) is 3.14. The lowest BCUT2D eigenvalue weighted by atomic mass is 10.1. The summed E-state index contributed by atoms with van der Waals surface area (Å²) in [4.78, 5) is 7.14. The van der Waals surface area contributed by atoms with Gasteiger partial charge in [0.2, 0.25) is 0 Å². The first-order chi connectivity index (χ1) is 13.0. The molecular formula is C21H36N4O2. The second-order valence-corrected chi connectivity index (χ2v) is 7.56. The lowest BCUT2D eigenvalue weighted by Crippen LogP contribution is -2.49. The van der Waals surface area contributed by atoms with Crippen LogP contribution in [0.3, 0.4) is 0 Å². The second kappa shape index (κ2) is 11.8. The quantitative estimate of drug-likeness (QED) is 0.373. The highest BCUT2D eigenvalue weighted by molar-refractivity contribution is 5.80. The van der Waals surface area contributed by atoms with E-state index in [0.29, 0.717) is 18.7 Å². The van der Waals surface area contributed by atoms with Crippen LogP contribution in [-0.4, -0.2) is 62.3 Å². The number of nitrogens with one attached hydrogen (secondary N) is 2. The molecule has 0 spiro atoms. The summed E-state index contributed by atoms with van der Waals surface area (Å²) in [6.07, 6.45) is 5.10. The van der Waals surface area contributed by atoms with E-state index in [1.54, 1.807) is 6.26 Å². The van der Waals surface area contributed by atoms with E-state index in [-0.39, 0.29) is 0 Å². The third-order valence-corrected chi connectivity index (χ3v) is 4.54. The van der Waals surface area contributed by atoms with Gasteiger partial charge in [-0.25, -0.2) is 4.99 Å². The van der Waals surface area contributed by atoms with Gasteiger partial charge in [0.1, 0.15) is 5.76 Å². The van der Waals surface area contributed by atoms with Crippen molar-refractivity contribution in [3.8, 4) is 0 Å². The van der Waals surface area contributed by atoms with Crippen LogP contribution in [-0.2, 0) is 11.2 Å². The van der Waals surface area contributed by atoms with E-state index in [2.05, 4.69) is 41.0 Å². The van der Waals surface area contributed by atoms with Crippen molar-refractivity contribution in [1.82, 2.24) is 15.5 Å². The molecule has 0 aromatic carbocycles. The molecule has 2 rings (SSSR count). The average molecular weight is 377 g/mol. The van der Waals surface area contributed by atoms with Crippen molar-refractivity contribution in [3.05, 3.63) is 36.3 Å². The van der Waals surface area contributed by atoms with Crippen LogP contribution in [0.4, 0.5) is 0 Å². The highest BCUT2D eigenvalue weighted by Crippen LogP contribution is 2.10. The van der Waals surface area contributed by atoms with Crippen molar-refractivity contribution >= 4 is 5.96 Å². The Morgan fingerprint density at radius 3 is 2.81 bits per heavy atom. The molecule has 1 aromatic heterocycles. The molecule has 1 saturated heterocycles. The highest BCUT2D eigenvalue weighted by Gasteiger charge is 2.19. The van der Waals surface area contributed by atoms with Crippen molar-refractivity contribution in [2.75, 3.05) is 39.3 Å². The Hall–Kier alpha value is -1.79. The molecule has 1 fully saturated rings. The first-order valence-electron chi connectivity index (χ1n) is 10.1. The lowest BCUT2D eigenvalue weighted by molar-refractivity contribution is 0.0532. The molecule has 0 bridgehead atoms. The van der Waals surface area contributed by atoms with Crippen LogP contribution >= 0.6 is 0 Å². The van der Waals surface area contributed by atoms with Crippen LogP contribution in [0, 0.1) is 0 Å². The van der Waals surface area contributed by atoms with Crippen LogP contribution in [0.15, 0.2) is 40.0 Å². The van der Waals surface area contributed by atoms with Crippen molar-refractivity contribution in [2.24, 2.45) is 4.99 Å². The SMILES string of the molecule is C=C(C)CN=C(NCCc1ccco1)NC1CCN(CCOC(C)C)CC1. The summed E-state index contributed by atoms with van der Waals surface area (Å²) in [5.74, 6) is 1.85. The van der Waals surface area contributed by atoms with Crippen LogP contribution in [0.5, 0.6) is 0 Å². The first-order valence-corrected chi connectivity index (χ1v) is 10.1. The zero-order chi connectivity index (χ0) is 19.5. The van der Waals surface area contributed by atoms with Crippen LogP contribution < -0.4 is 10.6 Å². The molecule has 6 nitrogen and oxygen atoms in total. The predicted octanol–water partition coefficient (Wildman–Crippen LogP) is 2.82. The van der Waals surface area contributed by atoms with E-state index in [4.69, 9.17) is 9.15 Å². The summed E-state index contributed by atoms with van der Waals surface area (Å²) < 4.78 is 11.1. The number of aliphatic imine (C=N–C) groups is 1. The molecule has 1 aromatic rings. The van der Waals surface area contributed by atoms with Gasteiger partial charge in [-0.1, -0.05) is 12.2 Å². The smallest absolute Gasteiger partial charge is 0.191 e. The largest absolute Gasteiger partial charge is 0.469 e. The Morgan fingerprint density at radius 1 is 1.41 bits per heavy atom. The van der Waals surface area contributed by atoms with Crippen molar-refractivity contribution < 1.29 is 9.15 Å². The number of ether oxygens (including phenoxy) is 1. The number of nitrogens with zero attached hydrogens (tertiary/aromatic N) is 2. The maximum atomic E-state index is 5.66. The van der Waals surface area contributed by atoms with Crippen LogP contribution in [0.25, 0.3) is 0 Å². The van der Waals surface area contributed by atoms with E-state index in [1.165, 1.54) is 0 Å². The summed E-state index contributed by atoms with van der Waals surface area (Å²) in [7, 11) is 0. The number of likely N-dealkylation sites (tertiary alicyclic amines) is 1. The molecule has 0 atom stereocenters.